The largest absolute Gasteiger partial charge is 0.480 e. The number of carboxylic acid groups (broad SMARTS) is 1. The number of unbranched alkanes of at least 4 members (excludes halogenated alkanes) is 1. The van der Waals surface area contributed by atoms with Gasteiger partial charge in [0.1, 0.15) is 12.6 Å². The molecule has 180 valence electrons. The van der Waals surface area contributed by atoms with Crippen LogP contribution >= 0.6 is 21.6 Å². The van der Waals surface area contributed by atoms with E-state index in [1.807, 2.05) is 36.4 Å². The molecule has 2 aromatic rings. The molecule has 4 rings (SSSR count). The predicted molar refractivity (Wildman–Crippen MR) is 135 cm³/mol. The lowest BCUT2D eigenvalue weighted by atomic mass is 9.98. The number of amides is 2. The molecule has 0 spiro atoms. The van der Waals surface area contributed by atoms with Crippen molar-refractivity contribution in [1.82, 2.24) is 10.6 Å². The van der Waals surface area contributed by atoms with E-state index >= 15 is 0 Å². The molecule has 3 N–H and O–H groups in total. The fourth-order valence-corrected chi connectivity index (χ4v) is 7.10. The van der Waals surface area contributed by atoms with E-state index in [1.54, 1.807) is 21.6 Å². The van der Waals surface area contributed by atoms with Crippen LogP contribution in [0.5, 0.6) is 0 Å². The summed E-state index contributed by atoms with van der Waals surface area (Å²) in [6, 6.07) is 15.1. The third-order valence-electron chi connectivity index (χ3n) is 6.15. The summed E-state index contributed by atoms with van der Waals surface area (Å²) < 4.78 is 5.46. The second-order valence-corrected chi connectivity index (χ2v) is 11.0. The Hall–Kier alpha value is -2.65. The van der Waals surface area contributed by atoms with Gasteiger partial charge in [-0.05, 0) is 41.5 Å². The molecule has 0 radical (unpaired) electrons. The number of aliphatic carboxylic acids is 1. The Morgan fingerprint density at radius 2 is 1.59 bits per heavy atom. The Labute approximate surface area is 206 Å². The molecule has 2 aromatic carbocycles. The second kappa shape index (κ2) is 11.7. The Bertz CT molecular complexity index is 996. The van der Waals surface area contributed by atoms with Crippen LogP contribution in [-0.2, 0) is 14.3 Å². The number of benzene rings is 2. The number of alkyl carbamates (subject to hydrolysis) is 1. The first-order valence-electron chi connectivity index (χ1n) is 11.4. The van der Waals surface area contributed by atoms with Gasteiger partial charge in [-0.15, -0.1) is 0 Å². The summed E-state index contributed by atoms with van der Waals surface area (Å²) in [5, 5.41) is 14.9. The maximum Gasteiger partial charge on any atom is 0.407 e. The van der Waals surface area contributed by atoms with E-state index in [2.05, 4.69) is 22.8 Å². The Morgan fingerprint density at radius 3 is 2.21 bits per heavy atom. The lowest BCUT2D eigenvalue weighted by Gasteiger charge is -2.17. The second-order valence-electron chi connectivity index (χ2n) is 8.41. The van der Waals surface area contributed by atoms with E-state index in [-0.39, 0.29) is 30.8 Å². The van der Waals surface area contributed by atoms with Crippen LogP contribution in [-0.4, -0.2) is 53.8 Å². The number of carboxylic acids is 1. The molecule has 1 aliphatic carbocycles. The van der Waals surface area contributed by atoms with Gasteiger partial charge in [-0.3, -0.25) is 4.79 Å². The van der Waals surface area contributed by atoms with Gasteiger partial charge in [0, 0.05) is 24.0 Å². The maximum absolute atomic E-state index is 12.4. The van der Waals surface area contributed by atoms with Crippen molar-refractivity contribution >= 4 is 39.6 Å². The van der Waals surface area contributed by atoms with E-state index in [9.17, 15) is 19.5 Å². The van der Waals surface area contributed by atoms with Crippen molar-refractivity contribution in [3.05, 3.63) is 59.7 Å². The minimum absolute atomic E-state index is 0.0528. The summed E-state index contributed by atoms with van der Waals surface area (Å²) in [5.41, 5.74) is 4.47. The van der Waals surface area contributed by atoms with Crippen LogP contribution in [0.3, 0.4) is 0 Å². The highest BCUT2D eigenvalue weighted by Crippen LogP contribution is 2.44. The topological polar surface area (TPSA) is 105 Å². The van der Waals surface area contributed by atoms with Gasteiger partial charge in [-0.2, -0.15) is 0 Å². The fraction of sp³-hybridized carbons (Fsp3) is 0.400. The van der Waals surface area contributed by atoms with Crippen LogP contribution in [0.1, 0.15) is 36.3 Å². The Morgan fingerprint density at radius 1 is 0.971 bits per heavy atom. The molecular weight excluding hydrogens is 472 g/mol. The smallest absolute Gasteiger partial charge is 0.407 e. The van der Waals surface area contributed by atoms with Crippen molar-refractivity contribution < 1.29 is 24.2 Å². The van der Waals surface area contributed by atoms with E-state index in [0.29, 0.717) is 19.4 Å². The number of carbonyl (C=O) groups is 3. The van der Waals surface area contributed by atoms with Gasteiger partial charge < -0.3 is 20.5 Å². The molecule has 1 saturated heterocycles. The molecule has 2 aliphatic rings. The lowest BCUT2D eigenvalue weighted by molar-refractivity contribution is -0.139. The summed E-state index contributed by atoms with van der Waals surface area (Å²) in [6.45, 7) is 0.637. The molecule has 1 fully saturated rings. The Kier molecular flexibility index (Phi) is 8.39. The van der Waals surface area contributed by atoms with Gasteiger partial charge in [0.05, 0.1) is 5.92 Å². The summed E-state index contributed by atoms with van der Waals surface area (Å²) in [6.07, 6.45) is 0.743. The first-order valence-corrected chi connectivity index (χ1v) is 13.9. The van der Waals surface area contributed by atoms with Gasteiger partial charge in [0.15, 0.2) is 0 Å². The average molecular weight is 501 g/mol. The zero-order valence-corrected chi connectivity index (χ0v) is 20.3. The van der Waals surface area contributed by atoms with Crippen molar-refractivity contribution in [3.63, 3.8) is 0 Å². The minimum Gasteiger partial charge on any atom is -0.480 e. The normalized spacial score (nSPS) is 15.9. The van der Waals surface area contributed by atoms with E-state index in [0.717, 1.165) is 33.8 Å². The summed E-state index contributed by atoms with van der Waals surface area (Å²) in [5.74, 6) is 0.601. The van der Waals surface area contributed by atoms with Crippen LogP contribution in [0.4, 0.5) is 4.79 Å². The first-order chi connectivity index (χ1) is 16.5. The third-order valence-corrected chi connectivity index (χ3v) is 8.71. The van der Waals surface area contributed by atoms with Crippen molar-refractivity contribution in [2.45, 2.75) is 31.2 Å². The molecule has 1 aliphatic heterocycles. The van der Waals surface area contributed by atoms with Crippen molar-refractivity contribution in [1.29, 1.82) is 0 Å². The Balaban J connectivity index is 1.23. The predicted octanol–water partition coefficient (Wildman–Crippen LogP) is 4.28. The van der Waals surface area contributed by atoms with Crippen molar-refractivity contribution in [3.8, 4) is 11.1 Å². The van der Waals surface area contributed by atoms with Crippen LogP contribution in [0.25, 0.3) is 11.1 Å². The molecular formula is C25H28N2O5S2. The molecule has 0 aromatic heterocycles. The number of hydrogen-bond acceptors (Lipinski definition) is 6. The number of rotatable bonds is 10. The van der Waals surface area contributed by atoms with Gasteiger partial charge in [0.25, 0.3) is 0 Å². The van der Waals surface area contributed by atoms with Gasteiger partial charge in [-0.1, -0.05) is 70.1 Å². The van der Waals surface area contributed by atoms with Crippen molar-refractivity contribution in [2.24, 2.45) is 5.92 Å². The maximum atomic E-state index is 12.4. The zero-order valence-electron chi connectivity index (χ0n) is 18.7. The molecule has 0 saturated carbocycles. The zero-order chi connectivity index (χ0) is 23.9. The quantitative estimate of drug-likeness (QED) is 0.330. The standard InChI is InChI=1S/C25H28N2O5S2/c28-23(16-14-33-34-15-16)26-12-6-5-11-22(24(29)30)27-25(31)32-13-21-19-9-3-1-7-17(19)18-8-2-4-10-20(18)21/h1-4,7-10,16,21-22H,5-6,11-15H2,(H,26,28)(H,27,31)(H,29,30)/t22-/m0/s1. The van der Waals surface area contributed by atoms with Gasteiger partial charge in [0.2, 0.25) is 5.91 Å². The number of ether oxygens (including phenoxy) is 1. The summed E-state index contributed by atoms with van der Waals surface area (Å²) >= 11 is 0. The third kappa shape index (κ3) is 5.88. The summed E-state index contributed by atoms with van der Waals surface area (Å²) in [7, 11) is 3.42. The molecule has 34 heavy (non-hydrogen) atoms. The van der Waals surface area contributed by atoms with Gasteiger partial charge in [-0.25, -0.2) is 9.59 Å². The fourth-order valence-electron chi connectivity index (χ4n) is 4.33. The van der Waals surface area contributed by atoms with Crippen molar-refractivity contribution in [2.75, 3.05) is 24.7 Å². The SMILES string of the molecule is O=C(N[C@@H](CCCCNC(=O)C1CSSC1)C(=O)O)OCC1c2ccccc2-c2ccccc21. The number of carbonyl (C=O) groups excluding carboxylic acids is 2. The number of nitrogens with one attached hydrogen (secondary N) is 2. The number of fused-ring (bicyclic) bond motifs is 3. The molecule has 9 heteroatoms. The highest BCUT2D eigenvalue weighted by molar-refractivity contribution is 8.77. The van der Waals surface area contributed by atoms with Gasteiger partial charge >= 0.3 is 12.1 Å². The molecule has 1 heterocycles. The van der Waals surface area contributed by atoms with E-state index < -0.39 is 18.1 Å². The molecule has 7 nitrogen and oxygen atoms in total. The molecule has 0 unspecified atom stereocenters. The van der Waals surface area contributed by atoms with Crippen LogP contribution < -0.4 is 10.6 Å². The molecule has 1 atom stereocenters. The minimum atomic E-state index is -1.10. The summed E-state index contributed by atoms with van der Waals surface area (Å²) in [4.78, 5) is 36.1. The monoisotopic (exact) mass is 500 g/mol. The lowest BCUT2D eigenvalue weighted by Crippen LogP contribution is -2.41. The highest BCUT2D eigenvalue weighted by Gasteiger charge is 2.30. The van der Waals surface area contributed by atoms with E-state index in [1.165, 1.54) is 0 Å². The average Bonchev–Trinajstić information content (AvgIpc) is 3.49. The number of hydrogen-bond donors (Lipinski definition) is 3. The molecule has 0 bridgehead atoms. The van der Waals surface area contributed by atoms with E-state index in [4.69, 9.17) is 4.74 Å². The first kappa shape index (κ1) is 24.5. The van der Waals surface area contributed by atoms with Crippen LogP contribution in [0.15, 0.2) is 48.5 Å². The van der Waals surface area contributed by atoms with Crippen LogP contribution in [0.2, 0.25) is 0 Å². The highest BCUT2D eigenvalue weighted by atomic mass is 33.1. The van der Waals surface area contributed by atoms with Crippen LogP contribution in [0, 0.1) is 5.92 Å². The molecule has 2 amide bonds.